The molecule has 0 aliphatic rings. The highest BCUT2D eigenvalue weighted by Gasteiger charge is 2.10. The number of amides is 2. The number of esters is 1. The monoisotopic (exact) mass is 356 g/mol. The van der Waals surface area contributed by atoms with Crippen molar-refractivity contribution in [3.05, 3.63) is 65.7 Å². The van der Waals surface area contributed by atoms with Gasteiger partial charge in [0.1, 0.15) is 18.9 Å². The first-order valence-electron chi connectivity index (χ1n) is 7.97. The first-order chi connectivity index (χ1) is 12.6. The van der Waals surface area contributed by atoms with E-state index in [4.69, 9.17) is 9.47 Å². The number of hydrogen-bond acceptors (Lipinski definition) is 5. The van der Waals surface area contributed by atoms with Gasteiger partial charge in [-0.05, 0) is 29.8 Å². The van der Waals surface area contributed by atoms with E-state index >= 15 is 0 Å². The predicted molar refractivity (Wildman–Crippen MR) is 94.6 cm³/mol. The molecule has 0 spiro atoms. The summed E-state index contributed by atoms with van der Waals surface area (Å²) < 4.78 is 10.1. The molecule has 0 atom stereocenters. The van der Waals surface area contributed by atoms with Crippen LogP contribution in [-0.2, 0) is 20.9 Å². The Kier molecular flexibility index (Phi) is 7.17. The lowest BCUT2D eigenvalue weighted by Crippen LogP contribution is -2.39. The van der Waals surface area contributed by atoms with E-state index in [-0.39, 0.29) is 19.7 Å². The van der Waals surface area contributed by atoms with Crippen LogP contribution in [0.4, 0.5) is 0 Å². The number of hydrogen-bond donors (Lipinski definition) is 2. The highest BCUT2D eigenvalue weighted by Crippen LogP contribution is 2.10. The van der Waals surface area contributed by atoms with Crippen molar-refractivity contribution in [1.82, 2.24) is 10.6 Å². The second-order valence-corrected chi connectivity index (χ2v) is 5.33. The number of benzene rings is 2. The van der Waals surface area contributed by atoms with E-state index in [2.05, 4.69) is 10.6 Å². The first-order valence-corrected chi connectivity index (χ1v) is 7.97. The third-order valence-electron chi connectivity index (χ3n) is 3.43. The zero-order valence-electron chi connectivity index (χ0n) is 14.4. The lowest BCUT2D eigenvalue weighted by Gasteiger charge is -2.08. The van der Waals surface area contributed by atoms with Crippen molar-refractivity contribution < 1.29 is 23.9 Å². The van der Waals surface area contributed by atoms with Gasteiger partial charge < -0.3 is 20.1 Å². The molecule has 2 rings (SSSR count). The van der Waals surface area contributed by atoms with Crippen molar-refractivity contribution in [3.63, 3.8) is 0 Å². The minimum Gasteiger partial charge on any atom is -0.497 e. The Morgan fingerprint density at radius 3 is 2.23 bits per heavy atom. The van der Waals surface area contributed by atoms with Crippen molar-refractivity contribution >= 4 is 17.8 Å². The summed E-state index contributed by atoms with van der Waals surface area (Å²) in [4.78, 5) is 35.2. The van der Waals surface area contributed by atoms with Gasteiger partial charge in [0.2, 0.25) is 5.91 Å². The molecular formula is C19H20N2O5. The molecule has 2 aromatic carbocycles. The molecule has 0 aliphatic carbocycles. The van der Waals surface area contributed by atoms with Gasteiger partial charge in [-0.3, -0.25) is 14.4 Å². The van der Waals surface area contributed by atoms with Gasteiger partial charge in [-0.25, -0.2) is 0 Å². The number of ether oxygens (including phenoxy) is 2. The predicted octanol–water partition coefficient (Wildman–Crippen LogP) is 1.28. The molecule has 2 aromatic rings. The molecule has 0 saturated heterocycles. The van der Waals surface area contributed by atoms with Gasteiger partial charge >= 0.3 is 5.97 Å². The van der Waals surface area contributed by atoms with E-state index in [1.54, 1.807) is 24.3 Å². The van der Waals surface area contributed by atoms with Crippen molar-refractivity contribution in [2.24, 2.45) is 0 Å². The Labute approximate surface area is 151 Å². The lowest BCUT2D eigenvalue weighted by atomic mass is 10.2. The molecule has 0 fully saturated rings. The number of nitrogens with one attached hydrogen (secondary N) is 2. The van der Waals surface area contributed by atoms with Crippen LogP contribution in [0.5, 0.6) is 5.75 Å². The topological polar surface area (TPSA) is 93.7 Å². The SMILES string of the molecule is COc1ccc(C(=O)NCC(=O)NCC(=O)OCc2ccccc2)cc1. The highest BCUT2D eigenvalue weighted by atomic mass is 16.5. The van der Waals surface area contributed by atoms with Gasteiger partial charge in [0, 0.05) is 5.56 Å². The molecule has 0 saturated carbocycles. The van der Waals surface area contributed by atoms with E-state index in [9.17, 15) is 14.4 Å². The average Bonchev–Trinajstić information content (AvgIpc) is 2.69. The van der Waals surface area contributed by atoms with Crippen molar-refractivity contribution in [1.29, 1.82) is 0 Å². The van der Waals surface area contributed by atoms with Crippen LogP contribution in [0.3, 0.4) is 0 Å². The quantitative estimate of drug-likeness (QED) is 0.695. The minimum absolute atomic E-state index is 0.143. The standard InChI is InChI=1S/C19H20N2O5/c1-25-16-9-7-15(8-10-16)19(24)21-11-17(22)20-12-18(23)26-13-14-5-3-2-4-6-14/h2-10H,11-13H2,1H3,(H,20,22)(H,21,24). The summed E-state index contributed by atoms with van der Waals surface area (Å²) >= 11 is 0. The smallest absolute Gasteiger partial charge is 0.325 e. The van der Waals surface area contributed by atoms with E-state index in [0.717, 1.165) is 5.56 Å². The van der Waals surface area contributed by atoms with Gasteiger partial charge in [0.15, 0.2) is 0 Å². The van der Waals surface area contributed by atoms with Crippen molar-refractivity contribution in [2.45, 2.75) is 6.61 Å². The van der Waals surface area contributed by atoms with Crippen LogP contribution in [0.15, 0.2) is 54.6 Å². The normalized spacial score (nSPS) is 9.88. The van der Waals surface area contributed by atoms with Crippen LogP contribution in [0.25, 0.3) is 0 Å². The summed E-state index contributed by atoms with van der Waals surface area (Å²) in [7, 11) is 1.53. The summed E-state index contributed by atoms with van der Waals surface area (Å²) in [6.45, 7) is -0.356. The van der Waals surface area contributed by atoms with Crippen LogP contribution in [0.1, 0.15) is 15.9 Å². The maximum atomic E-state index is 11.9. The number of rotatable bonds is 8. The second kappa shape index (κ2) is 9.83. The lowest BCUT2D eigenvalue weighted by molar-refractivity contribution is -0.145. The van der Waals surface area contributed by atoms with Crippen LogP contribution >= 0.6 is 0 Å². The molecule has 0 radical (unpaired) electrons. The molecule has 7 heteroatoms. The highest BCUT2D eigenvalue weighted by molar-refractivity contribution is 5.96. The van der Waals surface area contributed by atoms with Crippen LogP contribution in [0.2, 0.25) is 0 Å². The van der Waals surface area contributed by atoms with Gasteiger partial charge in [0.25, 0.3) is 5.91 Å². The Balaban J connectivity index is 1.66. The fraction of sp³-hybridized carbons (Fsp3) is 0.211. The summed E-state index contributed by atoms with van der Waals surface area (Å²) in [6, 6.07) is 15.7. The van der Waals surface area contributed by atoms with Crippen LogP contribution in [-0.4, -0.2) is 38.0 Å². The van der Waals surface area contributed by atoms with Gasteiger partial charge in [-0.15, -0.1) is 0 Å². The van der Waals surface area contributed by atoms with E-state index in [1.165, 1.54) is 7.11 Å². The third-order valence-corrected chi connectivity index (χ3v) is 3.43. The molecule has 2 amide bonds. The molecule has 0 aliphatic heterocycles. The molecule has 0 heterocycles. The maximum absolute atomic E-state index is 11.9. The Hall–Kier alpha value is -3.35. The summed E-state index contributed by atoms with van der Waals surface area (Å²) in [5.74, 6) is -0.796. The molecule has 0 aromatic heterocycles. The summed E-state index contributed by atoms with van der Waals surface area (Å²) in [5.41, 5.74) is 1.26. The Morgan fingerprint density at radius 2 is 1.58 bits per heavy atom. The fourth-order valence-electron chi connectivity index (χ4n) is 2.03. The molecular weight excluding hydrogens is 336 g/mol. The molecule has 0 bridgehead atoms. The van der Waals surface area contributed by atoms with Crippen molar-refractivity contribution in [3.8, 4) is 5.75 Å². The average molecular weight is 356 g/mol. The summed E-state index contributed by atoms with van der Waals surface area (Å²) in [5, 5.41) is 4.87. The van der Waals surface area contributed by atoms with Crippen LogP contribution in [0, 0.1) is 0 Å². The van der Waals surface area contributed by atoms with Crippen LogP contribution < -0.4 is 15.4 Å². The fourth-order valence-corrected chi connectivity index (χ4v) is 2.03. The zero-order valence-corrected chi connectivity index (χ0v) is 14.4. The molecule has 2 N–H and O–H groups in total. The second-order valence-electron chi connectivity index (χ2n) is 5.33. The van der Waals surface area contributed by atoms with Gasteiger partial charge in [-0.2, -0.15) is 0 Å². The van der Waals surface area contributed by atoms with Gasteiger partial charge in [-0.1, -0.05) is 30.3 Å². The van der Waals surface area contributed by atoms with Gasteiger partial charge in [0.05, 0.1) is 13.7 Å². The number of methoxy groups -OCH3 is 1. The van der Waals surface area contributed by atoms with E-state index in [0.29, 0.717) is 11.3 Å². The largest absolute Gasteiger partial charge is 0.497 e. The Morgan fingerprint density at radius 1 is 0.885 bits per heavy atom. The minimum atomic E-state index is -0.552. The van der Waals surface area contributed by atoms with E-state index in [1.807, 2.05) is 30.3 Å². The first kappa shape index (κ1) is 19.0. The maximum Gasteiger partial charge on any atom is 0.325 e. The zero-order chi connectivity index (χ0) is 18.8. The van der Waals surface area contributed by atoms with Crippen molar-refractivity contribution in [2.75, 3.05) is 20.2 Å². The number of carbonyl (C=O) groups excluding carboxylic acids is 3. The third kappa shape index (κ3) is 6.27. The van der Waals surface area contributed by atoms with E-state index < -0.39 is 17.8 Å². The molecule has 7 nitrogen and oxygen atoms in total. The molecule has 0 unspecified atom stereocenters. The molecule has 136 valence electrons. The number of carbonyl (C=O) groups is 3. The molecule has 26 heavy (non-hydrogen) atoms. The summed E-state index contributed by atoms with van der Waals surface area (Å²) in [6.07, 6.45) is 0. The Bertz CT molecular complexity index is 744.